The predicted octanol–water partition coefficient (Wildman–Crippen LogP) is 2.33. The number of amides is 1. The number of aryl methyl sites for hydroxylation is 2. The van der Waals surface area contributed by atoms with E-state index >= 15 is 0 Å². The molecule has 1 amide bonds. The summed E-state index contributed by atoms with van der Waals surface area (Å²) in [7, 11) is 1.83. The van der Waals surface area contributed by atoms with E-state index < -0.39 is 0 Å². The molecule has 1 saturated heterocycles. The highest BCUT2D eigenvalue weighted by atomic mass is 16.5. The minimum atomic E-state index is -0.0983. The molecule has 146 valence electrons. The summed E-state index contributed by atoms with van der Waals surface area (Å²) in [4.78, 5) is 19.8. The van der Waals surface area contributed by atoms with Gasteiger partial charge in [0.25, 0.3) is 5.91 Å². The lowest BCUT2D eigenvalue weighted by atomic mass is 9.98. The summed E-state index contributed by atoms with van der Waals surface area (Å²) in [6, 6.07) is 3.81. The quantitative estimate of drug-likeness (QED) is 0.522. The molecule has 0 radical (unpaired) electrons. The number of aromatic nitrogens is 6. The highest BCUT2D eigenvalue weighted by molar-refractivity contribution is 5.94. The Bertz CT molecular complexity index is 1270. The lowest BCUT2D eigenvalue weighted by molar-refractivity contribution is 0.0632. The summed E-state index contributed by atoms with van der Waals surface area (Å²) in [5.74, 6) is 0.445. The monoisotopic (exact) mass is 389 g/mol. The molecule has 4 aromatic heterocycles. The van der Waals surface area contributed by atoms with E-state index in [0.29, 0.717) is 11.5 Å². The van der Waals surface area contributed by atoms with Gasteiger partial charge in [-0.2, -0.15) is 10.2 Å². The Morgan fingerprint density at radius 1 is 1.24 bits per heavy atom. The second-order valence-electron chi connectivity index (χ2n) is 7.86. The standard InChI is InChI=1S/C20H19N7O2/c1-11-5-19-21-9-14-16-4-3-13(6-17(14)27(19)23-11)26(16)20(28)15-7-18(29-24-15)12-8-22-25(2)10-12/h5,7-10,13,16H,3-4,6H2,1-2H3/t13-,16+/m1/s1. The Morgan fingerprint density at radius 2 is 2.14 bits per heavy atom. The zero-order chi connectivity index (χ0) is 19.7. The van der Waals surface area contributed by atoms with E-state index in [1.165, 1.54) is 0 Å². The molecular weight excluding hydrogens is 370 g/mol. The van der Waals surface area contributed by atoms with Crippen molar-refractivity contribution in [1.29, 1.82) is 0 Å². The highest BCUT2D eigenvalue weighted by Crippen LogP contribution is 2.44. The van der Waals surface area contributed by atoms with E-state index in [0.717, 1.165) is 47.4 Å². The Labute approximate surface area is 165 Å². The second-order valence-corrected chi connectivity index (χ2v) is 7.86. The fourth-order valence-electron chi connectivity index (χ4n) is 4.70. The lowest BCUT2D eigenvalue weighted by Crippen LogP contribution is -2.42. The normalized spacial score (nSPS) is 20.4. The van der Waals surface area contributed by atoms with Crippen LogP contribution in [-0.4, -0.2) is 46.4 Å². The zero-order valence-electron chi connectivity index (χ0n) is 16.1. The molecule has 0 unspecified atom stereocenters. The molecule has 0 aliphatic carbocycles. The van der Waals surface area contributed by atoms with Gasteiger partial charge in [-0.15, -0.1) is 0 Å². The van der Waals surface area contributed by atoms with Crippen LogP contribution in [0.4, 0.5) is 0 Å². The van der Waals surface area contributed by atoms with E-state index in [-0.39, 0.29) is 18.0 Å². The number of hydrogen-bond donors (Lipinski definition) is 0. The van der Waals surface area contributed by atoms with E-state index in [9.17, 15) is 4.79 Å². The van der Waals surface area contributed by atoms with Crippen LogP contribution >= 0.6 is 0 Å². The number of carbonyl (C=O) groups is 1. The van der Waals surface area contributed by atoms with Crippen LogP contribution in [0.5, 0.6) is 0 Å². The van der Waals surface area contributed by atoms with Crippen molar-refractivity contribution in [2.24, 2.45) is 7.05 Å². The van der Waals surface area contributed by atoms with Crippen LogP contribution < -0.4 is 0 Å². The molecule has 6 heterocycles. The van der Waals surface area contributed by atoms with Gasteiger partial charge in [0.15, 0.2) is 17.1 Å². The van der Waals surface area contributed by atoms with E-state index in [4.69, 9.17) is 4.52 Å². The summed E-state index contributed by atoms with van der Waals surface area (Å²) in [5, 5.41) is 12.8. The van der Waals surface area contributed by atoms with Gasteiger partial charge in [0.1, 0.15) is 0 Å². The third-order valence-corrected chi connectivity index (χ3v) is 5.98. The average Bonchev–Trinajstić information content (AvgIpc) is 3.46. The average molecular weight is 389 g/mol. The smallest absolute Gasteiger partial charge is 0.276 e. The molecule has 9 heteroatoms. The number of hydrogen-bond acceptors (Lipinski definition) is 6. The first-order valence-electron chi connectivity index (χ1n) is 9.71. The van der Waals surface area contributed by atoms with Gasteiger partial charge in [0, 0.05) is 49.6 Å². The first kappa shape index (κ1) is 16.5. The minimum absolute atomic E-state index is 0.00352. The topological polar surface area (TPSA) is 94.3 Å². The van der Waals surface area contributed by atoms with Crippen molar-refractivity contribution in [2.75, 3.05) is 0 Å². The van der Waals surface area contributed by atoms with Crippen molar-refractivity contribution in [1.82, 2.24) is 34.4 Å². The SMILES string of the molecule is Cc1cc2ncc3c(n2n1)C[C@H]1CC[C@@H]3N1C(=O)c1cc(-c2cnn(C)c2)on1. The molecule has 1 fully saturated rings. The largest absolute Gasteiger partial charge is 0.355 e. The zero-order valence-corrected chi connectivity index (χ0v) is 16.1. The van der Waals surface area contributed by atoms with Crippen LogP contribution in [0.2, 0.25) is 0 Å². The third-order valence-electron chi connectivity index (χ3n) is 5.98. The van der Waals surface area contributed by atoms with Crippen LogP contribution in [0, 0.1) is 6.92 Å². The molecule has 6 rings (SSSR count). The van der Waals surface area contributed by atoms with Crippen LogP contribution in [0.25, 0.3) is 17.0 Å². The Hall–Kier alpha value is -3.49. The van der Waals surface area contributed by atoms with Crippen molar-refractivity contribution in [3.63, 3.8) is 0 Å². The summed E-state index contributed by atoms with van der Waals surface area (Å²) in [6.07, 6.45) is 8.08. The number of rotatable bonds is 2. The first-order chi connectivity index (χ1) is 14.1. The minimum Gasteiger partial charge on any atom is -0.355 e. The summed E-state index contributed by atoms with van der Waals surface area (Å²) < 4.78 is 9.04. The maximum Gasteiger partial charge on any atom is 0.276 e. The molecule has 0 spiro atoms. The Morgan fingerprint density at radius 3 is 2.97 bits per heavy atom. The summed E-state index contributed by atoms with van der Waals surface area (Å²) >= 11 is 0. The number of nitrogens with zero attached hydrogens (tertiary/aromatic N) is 7. The Balaban J connectivity index is 1.36. The van der Waals surface area contributed by atoms with E-state index in [1.54, 1.807) is 16.9 Å². The molecule has 4 aromatic rings. The van der Waals surface area contributed by atoms with Crippen molar-refractivity contribution in [3.05, 3.63) is 53.4 Å². The van der Waals surface area contributed by atoms with Gasteiger partial charge in [-0.1, -0.05) is 5.16 Å². The van der Waals surface area contributed by atoms with Crippen molar-refractivity contribution >= 4 is 11.6 Å². The summed E-state index contributed by atoms with van der Waals surface area (Å²) in [6.45, 7) is 1.97. The van der Waals surface area contributed by atoms with Crippen LogP contribution in [-0.2, 0) is 13.5 Å². The fourth-order valence-corrected chi connectivity index (χ4v) is 4.70. The first-order valence-corrected chi connectivity index (χ1v) is 9.71. The molecule has 0 saturated carbocycles. The number of fused-ring (bicyclic) bond motifs is 6. The van der Waals surface area contributed by atoms with Gasteiger partial charge in [0.2, 0.25) is 0 Å². The maximum atomic E-state index is 13.3. The van der Waals surface area contributed by atoms with Crippen LogP contribution in [0.15, 0.2) is 35.2 Å². The molecule has 2 aliphatic heterocycles. The maximum absolute atomic E-state index is 13.3. The van der Waals surface area contributed by atoms with Gasteiger partial charge in [-0.25, -0.2) is 9.50 Å². The second kappa shape index (κ2) is 5.76. The molecular formula is C20H19N7O2. The van der Waals surface area contributed by atoms with E-state index in [2.05, 4.69) is 20.3 Å². The van der Waals surface area contributed by atoms with Gasteiger partial charge >= 0.3 is 0 Å². The fraction of sp³-hybridized carbons (Fsp3) is 0.350. The van der Waals surface area contributed by atoms with Crippen molar-refractivity contribution in [2.45, 2.75) is 38.3 Å². The molecule has 29 heavy (non-hydrogen) atoms. The molecule has 2 aliphatic rings. The number of carbonyl (C=O) groups excluding carboxylic acids is 1. The van der Waals surface area contributed by atoms with Gasteiger partial charge < -0.3 is 9.42 Å². The van der Waals surface area contributed by atoms with Crippen molar-refractivity contribution < 1.29 is 9.32 Å². The molecule has 0 aromatic carbocycles. The lowest BCUT2D eigenvalue weighted by Gasteiger charge is -2.35. The Kier molecular flexibility index (Phi) is 3.27. The van der Waals surface area contributed by atoms with Gasteiger partial charge in [-0.05, 0) is 19.8 Å². The van der Waals surface area contributed by atoms with Gasteiger partial charge in [-0.3, -0.25) is 9.48 Å². The van der Waals surface area contributed by atoms with Gasteiger partial charge in [0.05, 0.1) is 29.2 Å². The molecule has 0 N–H and O–H groups in total. The summed E-state index contributed by atoms with van der Waals surface area (Å²) in [5.41, 5.74) is 5.18. The predicted molar refractivity (Wildman–Crippen MR) is 102 cm³/mol. The van der Waals surface area contributed by atoms with E-state index in [1.807, 2.05) is 41.8 Å². The van der Waals surface area contributed by atoms with Crippen LogP contribution in [0.1, 0.15) is 46.3 Å². The molecule has 2 atom stereocenters. The highest BCUT2D eigenvalue weighted by Gasteiger charge is 2.44. The van der Waals surface area contributed by atoms with Crippen molar-refractivity contribution in [3.8, 4) is 11.3 Å². The molecule has 9 nitrogen and oxygen atoms in total. The van der Waals surface area contributed by atoms with Crippen LogP contribution in [0.3, 0.4) is 0 Å². The third kappa shape index (κ3) is 2.36. The molecule has 2 bridgehead atoms.